The molecule has 0 radical (unpaired) electrons. The molecular formula is C16H15N3O3S. The molecule has 7 heteroatoms. The van der Waals surface area contributed by atoms with E-state index in [4.69, 9.17) is 11.0 Å². The molecule has 0 aliphatic heterocycles. The average molecular weight is 329 g/mol. The summed E-state index contributed by atoms with van der Waals surface area (Å²) in [6, 6.07) is 16.1. The van der Waals surface area contributed by atoms with Gasteiger partial charge in [0.25, 0.3) is 10.0 Å². The molecule has 2 N–H and O–H groups in total. The summed E-state index contributed by atoms with van der Waals surface area (Å²) in [7, 11) is -3.91. The molecule has 0 saturated heterocycles. The van der Waals surface area contributed by atoms with Gasteiger partial charge in [-0.1, -0.05) is 24.3 Å². The molecule has 0 aliphatic carbocycles. The second-order valence-corrected chi connectivity index (χ2v) is 6.63. The molecule has 0 heterocycles. The van der Waals surface area contributed by atoms with E-state index in [0.717, 1.165) is 4.31 Å². The van der Waals surface area contributed by atoms with Crippen molar-refractivity contribution in [1.29, 1.82) is 5.26 Å². The molecule has 0 fully saturated rings. The number of sulfonamides is 1. The lowest BCUT2D eigenvalue weighted by atomic mass is 10.2. The Morgan fingerprint density at radius 1 is 1.13 bits per heavy atom. The van der Waals surface area contributed by atoms with E-state index in [-0.39, 0.29) is 23.4 Å². The molecule has 0 spiro atoms. The van der Waals surface area contributed by atoms with Gasteiger partial charge in [0.05, 0.1) is 22.2 Å². The maximum Gasteiger partial charge on any atom is 0.264 e. The number of para-hydroxylation sites is 1. The number of anilines is 1. The highest BCUT2D eigenvalue weighted by Gasteiger charge is 2.25. The van der Waals surface area contributed by atoms with Gasteiger partial charge in [-0.25, -0.2) is 8.42 Å². The monoisotopic (exact) mass is 329 g/mol. The maximum absolute atomic E-state index is 12.9. The van der Waals surface area contributed by atoms with Crippen LogP contribution in [0.4, 0.5) is 5.69 Å². The Hall–Kier alpha value is -2.85. The van der Waals surface area contributed by atoms with Crippen molar-refractivity contribution in [2.24, 2.45) is 5.73 Å². The van der Waals surface area contributed by atoms with Gasteiger partial charge in [0.15, 0.2) is 0 Å². The first kappa shape index (κ1) is 16.5. The van der Waals surface area contributed by atoms with E-state index in [0.29, 0.717) is 5.69 Å². The van der Waals surface area contributed by atoms with Crippen molar-refractivity contribution in [3.05, 3.63) is 60.2 Å². The molecule has 118 valence electrons. The van der Waals surface area contributed by atoms with E-state index >= 15 is 0 Å². The number of rotatable bonds is 6. The predicted molar refractivity (Wildman–Crippen MR) is 85.9 cm³/mol. The third-order valence-corrected chi connectivity index (χ3v) is 4.98. The summed E-state index contributed by atoms with van der Waals surface area (Å²) in [6.45, 7) is -0.0710. The standard InChI is InChI=1S/C16H15N3O3S/c17-12-13-5-4-8-15(11-13)23(21,22)19(10-9-16(18)20)14-6-2-1-3-7-14/h1-8,11H,9-10H2,(H2,18,20). The highest BCUT2D eigenvalue weighted by molar-refractivity contribution is 7.92. The zero-order chi connectivity index (χ0) is 16.9. The number of carbonyl (C=O) groups is 1. The van der Waals surface area contributed by atoms with Crippen molar-refractivity contribution in [2.45, 2.75) is 11.3 Å². The fraction of sp³-hybridized carbons (Fsp3) is 0.125. The highest BCUT2D eigenvalue weighted by atomic mass is 32.2. The van der Waals surface area contributed by atoms with Crippen LogP contribution < -0.4 is 10.0 Å². The summed E-state index contributed by atoms with van der Waals surface area (Å²) in [5.41, 5.74) is 5.81. The van der Waals surface area contributed by atoms with Gasteiger partial charge in [-0.05, 0) is 30.3 Å². The molecule has 0 aliphatic rings. The Labute approximate surface area is 134 Å². The molecule has 0 aromatic heterocycles. The Kier molecular flexibility index (Phi) is 4.98. The van der Waals surface area contributed by atoms with Gasteiger partial charge in [0.2, 0.25) is 5.91 Å². The topological polar surface area (TPSA) is 104 Å². The minimum atomic E-state index is -3.91. The van der Waals surface area contributed by atoms with Crippen LogP contribution in [0.15, 0.2) is 59.5 Å². The summed E-state index contributed by atoms with van der Waals surface area (Å²) in [5.74, 6) is -0.591. The summed E-state index contributed by atoms with van der Waals surface area (Å²) >= 11 is 0. The Morgan fingerprint density at radius 3 is 2.43 bits per heavy atom. The van der Waals surface area contributed by atoms with Crippen LogP contribution in [0.5, 0.6) is 0 Å². The van der Waals surface area contributed by atoms with Gasteiger partial charge in [-0.2, -0.15) is 5.26 Å². The number of nitriles is 1. The lowest BCUT2D eigenvalue weighted by molar-refractivity contribution is -0.117. The van der Waals surface area contributed by atoms with Crippen LogP contribution in [-0.4, -0.2) is 20.9 Å². The molecule has 0 saturated carbocycles. The van der Waals surface area contributed by atoms with Crippen molar-refractivity contribution in [2.75, 3.05) is 10.8 Å². The third-order valence-electron chi connectivity index (χ3n) is 3.16. The average Bonchev–Trinajstić information content (AvgIpc) is 2.55. The number of hydrogen-bond acceptors (Lipinski definition) is 4. The van der Waals surface area contributed by atoms with Crippen LogP contribution in [0.25, 0.3) is 0 Å². The van der Waals surface area contributed by atoms with E-state index in [1.165, 1.54) is 24.3 Å². The lowest BCUT2D eigenvalue weighted by Crippen LogP contribution is -2.34. The number of primary amides is 1. The van der Waals surface area contributed by atoms with E-state index < -0.39 is 15.9 Å². The molecule has 0 atom stereocenters. The number of carbonyl (C=O) groups excluding carboxylic acids is 1. The zero-order valence-electron chi connectivity index (χ0n) is 12.2. The third kappa shape index (κ3) is 3.87. The van der Waals surface area contributed by atoms with Gasteiger partial charge in [-0.15, -0.1) is 0 Å². The summed E-state index contributed by atoms with van der Waals surface area (Å²) in [4.78, 5) is 11.0. The molecule has 23 heavy (non-hydrogen) atoms. The number of hydrogen-bond donors (Lipinski definition) is 1. The minimum absolute atomic E-state index is 0.00938. The van der Waals surface area contributed by atoms with Crippen LogP contribution in [0.3, 0.4) is 0 Å². The normalized spacial score (nSPS) is 10.7. The molecule has 0 bridgehead atoms. The number of amides is 1. The molecule has 2 aromatic rings. The van der Waals surface area contributed by atoms with Crippen LogP contribution in [0.2, 0.25) is 0 Å². The fourth-order valence-corrected chi connectivity index (χ4v) is 3.56. The van der Waals surface area contributed by atoms with Crippen molar-refractivity contribution < 1.29 is 13.2 Å². The smallest absolute Gasteiger partial charge is 0.264 e. The SMILES string of the molecule is N#Cc1cccc(S(=O)(=O)N(CCC(N)=O)c2ccccc2)c1. The quantitative estimate of drug-likeness (QED) is 0.869. The molecule has 6 nitrogen and oxygen atoms in total. The Balaban J connectivity index is 2.48. The van der Waals surface area contributed by atoms with Crippen molar-refractivity contribution in [1.82, 2.24) is 0 Å². The summed E-state index contributed by atoms with van der Waals surface area (Å²) in [6.07, 6.45) is -0.105. The summed E-state index contributed by atoms with van der Waals surface area (Å²) < 4.78 is 26.9. The summed E-state index contributed by atoms with van der Waals surface area (Å²) in [5, 5.41) is 8.94. The first-order chi connectivity index (χ1) is 10.9. The first-order valence-electron chi connectivity index (χ1n) is 6.81. The fourth-order valence-electron chi connectivity index (χ4n) is 2.05. The van der Waals surface area contributed by atoms with Gasteiger partial charge in [0.1, 0.15) is 0 Å². The Morgan fingerprint density at radius 2 is 1.83 bits per heavy atom. The molecule has 2 rings (SSSR count). The largest absolute Gasteiger partial charge is 0.370 e. The predicted octanol–water partition coefficient (Wildman–Crippen LogP) is 1.63. The zero-order valence-corrected chi connectivity index (χ0v) is 13.0. The van der Waals surface area contributed by atoms with E-state index in [1.807, 2.05) is 6.07 Å². The molecule has 0 unspecified atom stereocenters. The second-order valence-electron chi connectivity index (χ2n) is 4.77. The maximum atomic E-state index is 12.9. The second kappa shape index (κ2) is 6.94. The van der Waals surface area contributed by atoms with Crippen LogP contribution >= 0.6 is 0 Å². The number of nitrogens with two attached hydrogens (primary N) is 1. The van der Waals surface area contributed by atoms with E-state index in [1.54, 1.807) is 30.3 Å². The van der Waals surface area contributed by atoms with Gasteiger partial charge in [-0.3, -0.25) is 9.10 Å². The van der Waals surface area contributed by atoms with E-state index in [9.17, 15) is 13.2 Å². The van der Waals surface area contributed by atoms with Crippen molar-refractivity contribution >= 4 is 21.6 Å². The molecule has 2 aromatic carbocycles. The molecule has 1 amide bonds. The van der Waals surface area contributed by atoms with Crippen LogP contribution in [0, 0.1) is 11.3 Å². The Bertz CT molecular complexity index is 842. The minimum Gasteiger partial charge on any atom is -0.370 e. The van der Waals surface area contributed by atoms with Crippen molar-refractivity contribution in [3.63, 3.8) is 0 Å². The van der Waals surface area contributed by atoms with Gasteiger partial charge >= 0.3 is 0 Å². The van der Waals surface area contributed by atoms with Crippen molar-refractivity contribution in [3.8, 4) is 6.07 Å². The van der Waals surface area contributed by atoms with E-state index in [2.05, 4.69) is 0 Å². The lowest BCUT2D eigenvalue weighted by Gasteiger charge is -2.24. The van der Waals surface area contributed by atoms with Gasteiger partial charge in [0, 0.05) is 13.0 Å². The van der Waals surface area contributed by atoms with Crippen LogP contribution in [0.1, 0.15) is 12.0 Å². The number of benzene rings is 2. The molecular weight excluding hydrogens is 314 g/mol. The number of nitrogens with zero attached hydrogens (tertiary/aromatic N) is 2. The van der Waals surface area contributed by atoms with Crippen LogP contribution in [-0.2, 0) is 14.8 Å². The highest BCUT2D eigenvalue weighted by Crippen LogP contribution is 2.24. The first-order valence-corrected chi connectivity index (χ1v) is 8.25. The van der Waals surface area contributed by atoms with Gasteiger partial charge < -0.3 is 5.73 Å².